The molecule has 0 fully saturated rings. The Morgan fingerprint density at radius 2 is 1.80 bits per heavy atom. The van der Waals surface area contributed by atoms with Gasteiger partial charge in [0.05, 0.1) is 22.3 Å². The Balaban J connectivity index is 2.57. The van der Waals surface area contributed by atoms with E-state index < -0.39 is 10.0 Å². The van der Waals surface area contributed by atoms with Gasteiger partial charge in [-0.05, 0) is 44.2 Å². The second-order valence-electron chi connectivity index (χ2n) is 6.70. The monoisotopic (exact) mass is 466 g/mol. The molecule has 0 saturated heterocycles. The number of sulfonamides is 1. The molecule has 0 aliphatic rings. The number of amides is 1. The van der Waals surface area contributed by atoms with Crippen LogP contribution in [-0.2, 0) is 10.0 Å². The molecule has 0 spiro atoms. The summed E-state index contributed by atoms with van der Waals surface area (Å²) < 4.78 is 28.1. The third-order valence-electron chi connectivity index (χ3n) is 4.29. The van der Waals surface area contributed by atoms with E-state index in [0.717, 1.165) is 9.88 Å². The number of carbonyl (C=O) groups excluding carboxylic acids is 1. The zero-order valence-corrected chi connectivity index (χ0v) is 19.3. The summed E-state index contributed by atoms with van der Waals surface area (Å²) in [5, 5.41) is 0.278. The predicted molar refractivity (Wildman–Crippen MR) is 124 cm³/mol. The number of anilines is 1. The lowest BCUT2D eigenvalue weighted by molar-refractivity contribution is 0.0778. The van der Waals surface area contributed by atoms with Crippen LogP contribution in [0.25, 0.3) is 0 Å². The van der Waals surface area contributed by atoms with Crippen LogP contribution in [0.5, 0.6) is 0 Å². The maximum Gasteiger partial charge on any atom is 0.266 e. The number of para-hydroxylation sites is 1. The van der Waals surface area contributed by atoms with Crippen molar-refractivity contribution in [2.24, 2.45) is 0 Å². The van der Waals surface area contributed by atoms with Gasteiger partial charge in [-0.1, -0.05) is 53.6 Å². The van der Waals surface area contributed by atoms with Crippen molar-refractivity contribution in [3.05, 3.63) is 82.9 Å². The first kappa shape index (κ1) is 24.0. The highest BCUT2D eigenvalue weighted by molar-refractivity contribution is 7.93. The zero-order chi connectivity index (χ0) is 22.5. The summed E-state index contributed by atoms with van der Waals surface area (Å²) in [6, 6.07) is 10.8. The Kier molecular flexibility index (Phi) is 8.12. The minimum absolute atomic E-state index is 0.00983. The topological polar surface area (TPSA) is 57.7 Å². The summed E-state index contributed by atoms with van der Waals surface area (Å²) in [5.74, 6) is -0.304. The van der Waals surface area contributed by atoms with Crippen molar-refractivity contribution < 1.29 is 13.2 Å². The molecule has 0 aliphatic carbocycles. The Bertz CT molecular complexity index is 1070. The van der Waals surface area contributed by atoms with Crippen molar-refractivity contribution in [3.63, 3.8) is 0 Å². The minimum atomic E-state index is -4.12. The number of nitrogens with zero attached hydrogens (tertiary/aromatic N) is 2. The van der Waals surface area contributed by atoms with Crippen LogP contribution >= 0.6 is 23.2 Å². The molecule has 0 heterocycles. The third-order valence-corrected chi connectivity index (χ3v) is 6.87. The Labute approximate surface area is 188 Å². The second-order valence-corrected chi connectivity index (χ2v) is 9.34. The highest BCUT2D eigenvalue weighted by Crippen LogP contribution is 2.33. The van der Waals surface area contributed by atoms with Gasteiger partial charge < -0.3 is 4.90 Å². The number of hydrogen-bond donors (Lipinski definition) is 0. The molecule has 0 unspecified atom stereocenters. The summed E-state index contributed by atoms with van der Waals surface area (Å²) in [6.45, 7) is 12.0. The lowest BCUT2D eigenvalue weighted by Crippen LogP contribution is -2.33. The van der Waals surface area contributed by atoms with Crippen LogP contribution in [0, 0.1) is 0 Å². The third kappa shape index (κ3) is 5.25. The molecule has 0 radical (unpaired) electrons. The molecule has 0 saturated carbocycles. The molecule has 2 aromatic rings. The van der Waals surface area contributed by atoms with Crippen LogP contribution in [0.1, 0.15) is 24.2 Å². The molecule has 0 atom stereocenters. The van der Waals surface area contributed by atoms with Crippen molar-refractivity contribution in [1.82, 2.24) is 4.90 Å². The molecule has 1 amide bonds. The van der Waals surface area contributed by atoms with Gasteiger partial charge >= 0.3 is 0 Å². The summed E-state index contributed by atoms with van der Waals surface area (Å²) in [5.41, 5.74) is 1.34. The Hall–Kier alpha value is -2.28. The molecule has 5 nitrogen and oxygen atoms in total. The largest absolute Gasteiger partial charge is 0.335 e. The molecule has 160 valence electrons. The van der Waals surface area contributed by atoms with E-state index in [1.165, 1.54) is 24.3 Å². The SMILES string of the molecule is C=CCN(c1ccccc1Cl)S(=O)(=O)c1cc(C(=O)N(CC)CC(=C)C)ccc1Cl. The number of likely N-dealkylation sites (N-methyl/N-ethyl adjacent to an activating group) is 1. The van der Waals surface area contributed by atoms with Crippen molar-refractivity contribution >= 4 is 44.8 Å². The van der Waals surface area contributed by atoms with Crippen molar-refractivity contribution in [3.8, 4) is 0 Å². The first-order valence-electron chi connectivity index (χ1n) is 9.24. The molecule has 0 aromatic heterocycles. The summed E-state index contributed by atoms with van der Waals surface area (Å²) >= 11 is 12.5. The van der Waals surface area contributed by atoms with E-state index in [4.69, 9.17) is 23.2 Å². The molecule has 2 aromatic carbocycles. The average Bonchev–Trinajstić information content (AvgIpc) is 2.70. The normalized spacial score (nSPS) is 11.1. The standard InChI is InChI=1S/C22H24Cl2N2O3S/c1-5-13-26(20-10-8-7-9-18(20)23)30(28,29)21-14-17(11-12-19(21)24)22(27)25(6-2)15-16(3)4/h5,7-12,14H,1,3,6,13,15H2,2,4H3. The first-order chi connectivity index (χ1) is 14.1. The van der Waals surface area contributed by atoms with Crippen molar-refractivity contribution in [2.45, 2.75) is 18.7 Å². The quantitative estimate of drug-likeness (QED) is 0.463. The first-order valence-corrected chi connectivity index (χ1v) is 11.4. The highest BCUT2D eigenvalue weighted by atomic mass is 35.5. The average molecular weight is 467 g/mol. The number of rotatable bonds is 9. The Morgan fingerprint density at radius 1 is 1.13 bits per heavy atom. The van der Waals surface area contributed by atoms with Gasteiger partial charge in [0.2, 0.25) is 0 Å². The fourth-order valence-electron chi connectivity index (χ4n) is 2.89. The fraction of sp³-hybridized carbons (Fsp3) is 0.227. The molecule has 0 aliphatic heterocycles. The van der Waals surface area contributed by atoms with Gasteiger partial charge in [0.25, 0.3) is 15.9 Å². The van der Waals surface area contributed by atoms with E-state index in [9.17, 15) is 13.2 Å². The van der Waals surface area contributed by atoms with E-state index in [0.29, 0.717) is 18.8 Å². The van der Waals surface area contributed by atoms with Gasteiger partial charge in [0, 0.05) is 18.7 Å². The van der Waals surface area contributed by atoms with Crippen LogP contribution in [0.3, 0.4) is 0 Å². The maximum atomic E-state index is 13.5. The maximum absolute atomic E-state index is 13.5. The van der Waals surface area contributed by atoms with Crippen LogP contribution < -0.4 is 4.31 Å². The van der Waals surface area contributed by atoms with Gasteiger partial charge in [0.15, 0.2) is 0 Å². The van der Waals surface area contributed by atoms with E-state index in [-0.39, 0.29) is 33.0 Å². The van der Waals surface area contributed by atoms with Crippen LogP contribution in [0.15, 0.2) is 72.2 Å². The van der Waals surface area contributed by atoms with Gasteiger partial charge in [0.1, 0.15) is 4.90 Å². The fourth-order valence-corrected chi connectivity index (χ4v) is 5.13. The molecular weight excluding hydrogens is 443 g/mol. The van der Waals surface area contributed by atoms with Crippen molar-refractivity contribution in [1.29, 1.82) is 0 Å². The van der Waals surface area contributed by atoms with Gasteiger partial charge in [-0.15, -0.1) is 6.58 Å². The lowest BCUT2D eigenvalue weighted by atomic mass is 10.2. The molecule has 2 rings (SSSR count). The lowest BCUT2D eigenvalue weighted by Gasteiger charge is -2.25. The van der Waals surface area contributed by atoms with E-state index in [1.54, 1.807) is 29.2 Å². The molecule has 30 heavy (non-hydrogen) atoms. The molecular formula is C22H24Cl2N2O3S. The summed E-state index contributed by atoms with van der Waals surface area (Å²) in [6.07, 6.45) is 1.45. The van der Waals surface area contributed by atoms with Gasteiger partial charge in [-0.3, -0.25) is 9.10 Å². The molecule has 8 heteroatoms. The zero-order valence-electron chi connectivity index (χ0n) is 16.9. The Morgan fingerprint density at radius 3 is 2.37 bits per heavy atom. The predicted octanol–water partition coefficient (Wildman–Crippen LogP) is 5.41. The molecule has 0 bridgehead atoms. The summed E-state index contributed by atoms with van der Waals surface area (Å²) in [7, 11) is -4.12. The smallest absolute Gasteiger partial charge is 0.266 e. The highest BCUT2D eigenvalue weighted by Gasteiger charge is 2.29. The number of hydrogen-bond acceptors (Lipinski definition) is 3. The summed E-state index contributed by atoms with van der Waals surface area (Å²) in [4.78, 5) is 14.3. The van der Waals surface area contributed by atoms with E-state index in [1.807, 2.05) is 13.8 Å². The minimum Gasteiger partial charge on any atom is -0.335 e. The van der Waals surface area contributed by atoms with Crippen molar-refractivity contribution in [2.75, 3.05) is 23.9 Å². The number of carbonyl (C=O) groups is 1. The van der Waals surface area contributed by atoms with Gasteiger partial charge in [-0.25, -0.2) is 8.42 Å². The number of halogens is 2. The van der Waals surface area contributed by atoms with Gasteiger partial charge in [-0.2, -0.15) is 0 Å². The number of benzene rings is 2. The van der Waals surface area contributed by atoms with E-state index in [2.05, 4.69) is 13.2 Å². The van der Waals surface area contributed by atoms with E-state index >= 15 is 0 Å². The van der Waals surface area contributed by atoms with Crippen LogP contribution in [-0.4, -0.2) is 38.9 Å². The second kappa shape index (κ2) is 10.2. The van der Waals surface area contributed by atoms with Crippen LogP contribution in [0.2, 0.25) is 10.0 Å². The molecule has 0 N–H and O–H groups in total. The van der Waals surface area contributed by atoms with Crippen LogP contribution in [0.4, 0.5) is 5.69 Å².